The Morgan fingerprint density at radius 2 is 1.82 bits per heavy atom. The summed E-state index contributed by atoms with van der Waals surface area (Å²) < 4.78 is 31.4. The monoisotopic (exact) mass is 261 g/mol. The van der Waals surface area contributed by atoms with Crippen LogP contribution < -0.4 is 0 Å². The molecule has 0 aromatic carbocycles. The Bertz CT molecular complexity index is 362. The predicted octanol–water partition coefficient (Wildman–Crippen LogP) is 0.549. The van der Waals surface area contributed by atoms with Crippen LogP contribution in [-0.2, 0) is 19.6 Å². The van der Waals surface area contributed by atoms with Crippen molar-refractivity contribution in [2.45, 2.75) is 43.4 Å². The largest absolute Gasteiger partial charge is 0.381 e. The number of hydrogen-bond acceptors (Lipinski definition) is 4. The third-order valence-corrected chi connectivity index (χ3v) is 5.99. The second kappa shape index (κ2) is 5.46. The van der Waals surface area contributed by atoms with Gasteiger partial charge >= 0.3 is 0 Å². The van der Waals surface area contributed by atoms with E-state index in [1.54, 1.807) is 0 Å². The molecule has 5 nitrogen and oxygen atoms in total. The number of carbonyl (C=O) groups excluding carboxylic acids is 1. The van der Waals surface area contributed by atoms with Crippen molar-refractivity contribution < 1.29 is 17.9 Å². The van der Waals surface area contributed by atoms with E-state index in [-0.39, 0.29) is 5.25 Å². The molecule has 0 radical (unpaired) electrons. The highest BCUT2D eigenvalue weighted by Crippen LogP contribution is 2.26. The SMILES string of the molecule is O=CC1CCCCN1S(=O)(=O)C1CCOCC1. The summed E-state index contributed by atoms with van der Waals surface area (Å²) in [4.78, 5) is 11.0. The van der Waals surface area contributed by atoms with Crippen molar-refractivity contribution >= 4 is 16.3 Å². The number of piperidine rings is 1. The fraction of sp³-hybridized carbons (Fsp3) is 0.909. The number of aldehydes is 1. The Kier molecular flexibility index (Phi) is 4.17. The van der Waals surface area contributed by atoms with E-state index in [0.717, 1.165) is 19.1 Å². The molecule has 0 aromatic heterocycles. The molecule has 0 spiro atoms. The second-order valence-corrected chi connectivity index (χ2v) is 6.83. The Morgan fingerprint density at radius 3 is 2.47 bits per heavy atom. The lowest BCUT2D eigenvalue weighted by atomic mass is 10.1. The van der Waals surface area contributed by atoms with Gasteiger partial charge in [-0.25, -0.2) is 8.42 Å². The molecule has 2 heterocycles. The molecule has 2 rings (SSSR count). The van der Waals surface area contributed by atoms with Gasteiger partial charge < -0.3 is 9.53 Å². The van der Waals surface area contributed by atoms with E-state index in [0.29, 0.717) is 39.0 Å². The first-order valence-corrected chi connectivity index (χ1v) is 7.70. The molecular weight excluding hydrogens is 242 g/mol. The lowest BCUT2D eigenvalue weighted by Crippen LogP contribution is -2.49. The van der Waals surface area contributed by atoms with Gasteiger partial charge in [-0.1, -0.05) is 6.42 Å². The van der Waals surface area contributed by atoms with E-state index in [1.165, 1.54) is 4.31 Å². The van der Waals surface area contributed by atoms with Crippen LogP contribution in [0.5, 0.6) is 0 Å². The fourth-order valence-corrected chi connectivity index (χ4v) is 4.64. The summed E-state index contributed by atoms with van der Waals surface area (Å²) in [7, 11) is -3.32. The zero-order valence-electron chi connectivity index (χ0n) is 9.88. The van der Waals surface area contributed by atoms with Crippen molar-refractivity contribution in [1.29, 1.82) is 0 Å². The van der Waals surface area contributed by atoms with E-state index in [4.69, 9.17) is 4.74 Å². The number of carbonyl (C=O) groups is 1. The van der Waals surface area contributed by atoms with Gasteiger partial charge in [0, 0.05) is 19.8 Å². The first-order valence-electron chi connectivity index (χ1n) is 6.20. The van der Waals surface area contributed by atoms with Crippen LogP contribution in [0.2, 0.25) is 0 Å². The van der Waals surface area contributed by atoms with Crippen molar-refractivity contribution in [2.24, 2.45) is 0 Å². The molecule has 2 saturated heterocycles. The molecule has 0 saturated carbocycles. The number of sulfonamides is 1. The molecule has 0 bridgehead atoms. The van der Waals surface area contributed by atoms with Gasteiger partial charge in [-0.3, -0.25) is 0 Å². The molecule has 2 fully saturated rings. The molecule has 0 aliphatic carbocycles. The molecule has 1 atom stereocenters. The molecule has 2 aliphatic rings. The van der Waals surface area contributed by atoms with Gasteiger partial charge in [0.2, 0.25) is 10.0 Å². The van der Waals surface area contributed by atoms with Crippen LogP contribution in [0.4, 0.5) is 0 Å². The van der Waals surface area contributed by atoms with Crippen LogP contribution in [0.3, 0.4) is 0 Å². The van der Waals surface area contributed by atoms with Crippen molar-refractivity contribution in [2.75, 3.05) is 19.8 Å². The van der Waals surface area contributed by atoms with Gasteiger partial charge in [-0.05, 0) is 25.7 Å². The average Bonchev–Trinajstić information content (AvgIpc) is 2.39. The van der Waals surface area contributed by atoms with Gasteiger partial charge in [0.05, 0.1) is 11.3 Å². The van der Waals surface area contributed by atoms with Gasteiger partial charge in [-0.15, -0.1) is 0 Å². The summed E-state index contributed by atoms with van der Waals surface area (Å²) in [5.74, 6) is 0. The summed E-state index contributed by atoms with van der Waals surface area (Å²) >= 11 is 0. The summed E-state index contributed by atoms with van der Waals surface area (Å²) in [6.07, 6.45) is 4.31. The minimum atomic E-state index is -3.32. The Balaban J connectivity index is 2.14. The Morgan fingerprint density at radius 1 is 1.12 bits per heavy atom. The van der Waals surface area contributed by atoms with Crippen LogP contribution in [-0.4, -0.2) is 50.1 Å². The van der Waals surface area contributed by atoms with Gasteiger partial charge in [-0.2, -0.15) is 4.31 Å². The average molecular weight is 261 g/mol. The number of nitrogens with zero attached hydrogens (tertiary/aromatic N) is 1. The predicted molar refractivity (Wildman–Crippen MR) is 63.2 cm³/mol. The van der Waals surface area contributed by atoms with Crippen molar-refractivity contribution in [3.63, 3.8) is 0 Å². The molecule has 98 valence electrons. The van der Waals surface area contributed by atoms with Gasteiger partial charge in [0.25, 0.3) is 0 Å². The minimum Gasteiger partial charge on any atom is -0.381 e. The first-order chi connectivity index (χ1) is 8.16. The summed E-state index contributed by atoms with van der Waals surface area (Å²) in [6.45, 7) is 1.50. The standard InChI is InChI=1S/C11H19NO4S/c13-9-10-3-1-2-6-12(10)17(14,15)11-4-7-16-8-5-11/h9-11H,1-8H2. The highest BCUT2D eigenvalue weighted by molar-refractivity contribution is 7.89. The van der Waals surface area contributed by atoms with Crippen LogP contribution in [0.15, 0.2) is 0 Å². The third-order valence-electron chi connectivity index (χ3n) is 3.57. The molecule has 0 aromatic rings. The van der Waals surface area contributed by atoms with Crippen molar-refractivity contribution in [3.05, 3.63) is 0 Å². The van der Waals surface area contributed by atoms with E-state index in [2.05, 4.69) is 0 Å². The van der Waals surface area contributed by atoms with Crippen LogP contribution in [0, 0.1) is 0 Å². The molecule has 0 amide bonds. The zero-order chi connectivity index (χ0) is 12.3. The summed E-state index contributed by atoms with van der Waals surface area (Å²) in [5, 5.41) is -0.364. The van der Waals surface area contributed by atoms with Crippen LogP contribution >= 0.6 is 0 Å². The van der Waals surface area contributed by atoms with Gasteiger partial charge in [0.15, 0.2) is 0 Å². The Labute approximate surface area is 102 Å². The molecule has 17 heavy (non-hydrogen) atoms. The number of rotatable bonds is 3. The fourth-order valence-electron chi connectivity index (χ4n) is 2.55. The van der Waals surface area contributed by atoms with Crippen molar-refractivity contribution in [1.82, 2.24) is 4.31 Å². The smallest absolute Gasteiger partial charge is 0.217 e. The molecule has 1 unspecified atom stereocenters. The lowest BCUT2D eigenvalue weighted by molar-refractivity contribution is -0.111. The molecular formula is C11H19NO4S. The van der Waals surface area contributed by atoms with Crippen molar-refractivity contribution in [3.8, 4) is 0 Å². The van der Waals surface area contributed by atoms with Crippen LogP contribution in [0.25, 0.3) is 0 Å². The maximum absolute atomic E-state index is 12.4. The van der Waals surface area contributed by atoms with Gasteiger partial charge in [0.1, 0.15) is 6.29 Å². The molecule has 2 aliphatic heterocycles. The van der Waals surface area contributed by atoms with E-state index >= 15 is 0 Å². The number of ether oxygens (including phenoxy) is 1. The maximum Gasteiger partial charge on any atom is 0.217 e. The van der Waals surface area contributed by atoms with E-state index in [1.807, 2.05) is 0 Å². The Hall–Kier alpha value is -0.460. The third kappa shape index (κ3) is 2.69. The highest BCUT2D eigenvalue weighted by Gasteiger charge is 2.38. The van der Waals surface area contributed by atoms with Crippen LogP contribution in [0.1, 0.15) is 32.1 Å². The minimum absolute atomic E-state index is 0.364. The maximum atomic E-state index is 12.4. The normalized spacial score (nSPS) is 29.1. The number of hydrogen-bond donors (Lipinski definition) is 0. The quantitative estimate of drug-likeness (QED) is 0.696. The topological polar surface area (TPSA) is 63.7 Å². The first kappa shape index (κ1) is 13.0. The molecule has 0 N–H and O–H groups in total. The van der Waals surface area contributed by atoms with E-state index < -0.39 is 16.1 Å². The lowest BCUT2D eigenvalue weighted by Gasteiger charge is -2.35. The zero-order valence-corrected chi connectivity index (χ0v) is 10.7. The summed E-state index contributed by atoms with van der Waals surface area (Å²) in [6, 6.07) is -0.448. The highest BCUT2D eigenvalue weighted by atomic mass is 32.2. The second-order valence-electron chi connectivity index (χ2n) is 4.67. The molecule has 6 heteroatoms. The van der Waals surface area contributed by atoms with E-state index in [9.17, 15) is 13.2 Å². The summed E-state index contributed by atoms with van der Waals surface area (Å²) in [5.41, 5.74) is 0.